The molecule has 0 fully saturated rings. The van der Waals surface area contributed by atoms with Crippen LogP contribution in [0.5, 0.6) is 0 Å². The molecule has 0 saturated heterocycles. The van der Waals surface area contributed by atoms with E-state index in [0.29, 0.717) is 12.0 Å². The number of benzene rings is 1. The summed E-state index contributed by atoms with van der Waals surface area (Å²) in [6.07, 6.45) is 0. The van der Waals surface area contributed by atoms with E-state index in [-0.39, 0.29) is 0 Å². The zero-order chi connectivity index (χ0) is 11.3. The lowest BCUT2D eigenvalue weighted by atomic mass is 10.1. The van der Waals surface area contributed by atoms with Crippen molar-refractivity contribution in [2.24, 2.45) is 5.92 Å². The van der Waals surface area contributed by atoms with Crippen molar-refractivity contribution in [1.82, 2.24) is 5.32 Å². The smallest absolute Gasteiger partial charge is 0.0208 e. The Morgan fingerprint density at radius 1 is 1.27 bits per heavy atom. The monoisotopic (exact) mass is 381 g/mol. The van der Waals surface area contributed by atoms with E-state index in [1.807, 2.05) is 0 Å². The molecule has 1 aromatic carbocycles. The van der Waals surface area contributed by atoms with Crippen molar-refractivity contribution in [2.45, 2.75) is 26.4 Å². The molecule has 1 N–H and O–H groups in total. The lowest BCUT2D eigenvalue weighted by Gasteiger charge is -2.20. The SMILES string of the molecule is CC(C)C(CI)NCc1ccc(Br)cc1. The number of nitrogens with one attached hydrogen (secondary N) is 1. The van der Waals surface area contributed by atoms with Gasteiger partial charge in [0.25, 0.3) is 0 Å². The Labute approximate surface area is 114 Å². The van der Waals surface area contributed by atoms with Crippen LogP contribution in [0.4, 0.5) is 0 Å². The third-order valence-corrected chi connectivity index (χ3v) is 3.93. The maximum Gasteiger partial charge on any atom is 0.0208 e. The summed E-state index contributed by atoms with van der Waals surface area (Å²) in [6.45, 7) is 5.48. The van der Waals surface area contributed by atoms with Crippen molar-refractivity contribution in [3.63, 3.8) is 0 Å². The van der Waals surface area contributed by atoms with E-state index in [1.165, 1.54) is 5.56 Å². The van der Waals surface area contributed by atoms with Crippen LogP contribution in [-0.4, -0.2) is 10.5 Å². The molecule has 0 amide bonds. The van der Waals surface area contributed by atoms with E-state index in [0.717, 1.165) is 15.4 Å². The third-order valence-electron chi connectivity index (χ3n) is 2.45. The minimum Gasteiger partial charge on any atom is -0.309 e. The van der Waals surface area contributed by atoms with E-state index >= 15 is 0 Å². The Bertz CT molecular complexity index is 284. The molecule has 0 radical (unpaired) electrons. The largest absolute Gasteiger partial charge is 0.309 e. The van der Waals surface area contributed by atoms with Crippen LogP contribution in [0.1, 0.15) is 19.4 Å². The summed E-state index contributed by atoms with van der Waals surface area (Å²) in [7, 11) is 0. The normalized spacial score (nSPS) is 13.1. The first-order valence-corrected chi connectivity index (χ1v) is 7.49. The average Bonchev–Trinajstić information content (AvgIpc) is 2.21. The quantitative estimate of drug-likeness (QED) is 0.600. The Morgan fingerprint density at radius 3 is 2.33 bits per heavy atom. The van der Waals surface area contributed by atoms with Crippen molar-refractivity contribution in [2.75, 3.05) is 4.43 Å². The van der Waals surface area contributed by atoms with Crippen LogP contribution in [0, 0.1) is 5.92 Å². The number of halogens is 2. The molecule has 1 nitrogen and oxygen atoms in total. The topological polar surface area (TPSA) is 12.0 Å². The van der Waals surface area contributed by atoms with Gasteiger partial charge in [0.05, 0.1) is 0 Å². The van der Waals surface area contributed by atoms with Crippen molar-refractivity contribution >= 4 is 38.5 Å². The Hall–Kier alpha value is 0.390. The highest BCUT2D eigenvalue weighted by atomic mass is 127. The molecule has 15 heavy (non-hydrogen) atoms. The zero-order valence-corrected chi connectivity index (χ0v) is 12.9. The van der Waals surface area contributed by atoms with E-state index in [9.17, 15) is 0 Å². The lowest BCUT2D eigenvalue weighted by molar-refractivity contribution is 0.436. The highest BCUT2D eigenvalue weighted by Gasteiger charge is 2.10. The number of alkyl halides is 1. The van der Waals surface area contributed by atoms with Gasteiger partial charge in [-0.3, -0.25) is 0 Å². The van der Waals surface area contributed by atoms with Crippen LogP contribution in [-0.2, 0) is 6.54 Å². The van der Waals surface area contributed by atoms with Gasteiger partial charge in [-0.25, -0.2) is 0 Å². The molecule has 0 aromatic heterocycles. The molecule has 1 unspecified atom stereocenters. The minimum absolute atomic E-state index is 0.606. The van der Waals surface area contributed by atoms with Gasteiger partial charge in [0.15, 0.2) is 0 Å². The molecule has 0 spiro atoms. The number of hydrogen-bond donors (Lipinski definition) is 1. The first-order valence-electron chi connectivity index (χ1n) is 5.17. The molecule has 0 heterocycles. The summed E-state index contributed by atoms with van der Waals surface area (Å²) in [5.41, 5.74) is 1.34. The predicted molar refractivity (Wildman–Crippen MR) is 78.5 cm³/mol. The molecule has 3 heteroatoms. The maximum atomic E-state index is 3.58. The standard InChI is InChI=1S/C12H17BrIN/c1-9(2)12(7-14)15-8-10-3-5-11(13)6-4-10/h3-6,9,12,15H,7-8H2,1-2H3. The molecule has 1 atom stereocenters. The van der Waals surface area contributed by atoms with Crippen LogP contribution in [0.15, 0.2) is 28.7 Å². The summed E-state index contributed by atoms with van der Waals surface area (Å²) < 4.78 is 2.30. The van der Waals surface area contributed by atoms with Gasteiger partial charge in [0.1, 0.15) is 0 Å². The van der Waals surface area contributed by atoms with Crippen LogP contribution in [0.25, 0.3) is 0 Å². The lowest BCUT2D eigenvalue weighted by Crippen LogP contribution is -2.34. The Balaban J connectivity index is 2.45. The minimum atomic E-state index is 0.606. The first kappa shape index (κ1) is 13.5. The van der Waals surface area contributed by atoms with E-state index in [4.69, 9.17) is 0 Å². The van der Waals surface area contributed by atoms with Gasteiger partial charge in [-0.2, -0.15) is 0 Å². The van der Waals surface area contributed by atoms with Gasteiger partial charge < -0.3 is 5.32 Å². The fraction of sp³-hybridized carbons (Fsp3) is 0.500. The fourth-order valence-electron chi connectivity index (χ4n) is 1.32. The molecule has 0 bridgehead atoms. The van der Waals surface area contributed by atoms with Crippen LogP contribution >= 0.6 is 38.5 Å². The van der Waals surface area contributed by atoms with Crippen LogP contribution in [0.2, 0.25) is 0 Å². The number of rotatable bonds is 5. The summed E-state index contributed by atoms with van der Waals surface area (Å²) in [6, 6.07) is 9.09. The van der Waals surface area contributed by atoms with E-state index < -0.39 is 0 Å². The van der Waals surface area contributed by atoms with Crippen LogP contribution in [0.3, 0.4) is 0 Å². The van der Waals surface area contributed by atoms with Crippen molar-refractivity contribution in [3.05, 3.63) is 34.3 Å². The summed E-state index contributed by atoms with van der Waals surface area (Å²) in [5, 5.41) is 3.58. The first-order chi connectivity index (χ1) is 7.13. The average molecular weight is 382 g/mol. The molecule has 0 aliphatic heterocycles. The van der Waals surface area contributed by atoms with Crippen LogP contribution < -0.4 is 5.32 Å². The van der Waals surface area contributed by atoms with Crippen molar-refractivity contribution in [3.8, 4) is 0 Å². The second-order valence-corrected chi connectivity index (χ2v) is 5.81. The molecule has 0 aliphatic carbocycles. The molecular formula is C12H17BrIN. The molecule has 1 rings (SSSR count). The zero-order valence-electron chi connectivity index (χ0n) is 9.13. The highest BCUT2D eigenvalue weighted by Crippen LogP contribution is 2.11. The molecule has 0 aliphatic rings. The van der Waals surface area contributed by atoms with E-state index in [1.54, 1.807) is 0 Å². The van der Waals surface area contributed by atoms with Gasteiger partial charge in [0.2, 0.25) is 0 Å². The van der Waals surface area contributed by atoms with Gasteiger partial charge in [-0.15, -0.1) is 0 Å². The van der Waals surface area contributed by atoms with Gasteiger partial charge >= 0.3 is 0 Å². The van der Waals surface area contributed by atoms with Gasteiger partial charge in [-0.05, 0) is 23.6 Å². The molecular weight excluding hydrogens is 365 g/mol. The fourth-order valence-corrected chi connectivity index (χ4v) is 2.91. The third kappa shape index (κ3) is 4.83. The predicted octanol–water partition coefficient (Wildman–Crippen LogP) is 4.00. The molecule has 1 aromatic rings. The van der Waals surface area contributed by atoms with Gasteiger partial charge in [-0.1, -0.05) is 64.5 Å². The van der Waals surface area contributed by atoms with E-state index in [2.05, 4.69) is 82.0 Å². The maximum absolute atomic E-state index is 3.58. The summed E-state index contributed by atoms with van der Waals surface area (Å²) >= 11 is 5.88. The second-order valence-electron chi connectivity index (χ2n) is 4.01. The Morgan fingerprint density at radius 2 is 1.87 bits per heavy atom. The summed E-state index contributed by atoms with van der Waals surface area (Å²) in [5.74, 6) is 0.692. The van der Waals surface area contributed by atoms with Crippen molar-refractivity contribution in [1.29, 1.82) is 0 Å². The van der Waals surface area contributed by atoms with Gasteiger partial charge in [0, 0.05) is 21.5 Å². The Kier molecular flexibility index (Phi) is 6.16. The summed E-state index contributed by atoms with van der Waals surface area (Å²) in [4.78, 5) is 0. The molecule has 84 valence electrons. The second kappa shape index (κ2) is 6.86. The number of hydrogen-bond acceptors (Lipinski definition) is 1. The molecule has 0 saturated carbocycles. The van der Waals surface area contributed by atoms with Crippen molar-refractivity contribution < 1.29 is 0 Å². The highest BCUT2D eigenvalue weighted by molar-refractivity contribution is 14.1.